The lowest BCUT2D eigenvalue weighted by Crippen LogP contribution is -2.34. The highest BCUT2D eigenvalue weighted by Crippen LogP contribution is 2.26. The van der Waals surface area contributed by atoms with Crippen molar-refractivity contribution in [3.63, 3.8) is 0 Å². The molecular formula is C19H20FN7O2. The van der Waals surface area contributed by atoms with Gasteiger partial charge in [0.25, 0.3) is 5.91 Å². The summed E-state index contributed by atoms with van der Waals surface area (Å²) in [5.74, 6) is 0.683. The molecule has 150 valence electrons. The number of nitrogens with zero attached hydrogens (tertiary/aromatic N) is 5. The number of anilines is 1. The van der Waals surface area contributed by atoms with E-state index in [4.69, 9.17) is 4.74 Å². The van der Waals surface area contributed by atoms with Crippen molar-refractivity contribution in [2.45, 2.75) is 32.4 Å². The summed E-state index contributed by atoms with van der Waals surface area (Å²) in [6.45, 7) is 5.33. The van der Waals surface area contributed by atoms with E-state index in [2.05, 4.69) is 30.7 Å². The smallest absolute Gasteiger partial charge is 0.252 e. The number of methoxy groups -OCH3 is 1. The number of rotatable bonds is 5. The summed E-state index contributed by atoms with van der Waals surface area (Å²) >= 11 is 0. The van der Waals surface area contributed by atoms with Gasteiger partial charge in [0.1, 0.15) is 23.0 Å². The van der Waals surface area contributed by atoms with E-state index in [-0.39, 0.29) is 11.9 Å². The molecule has 0 spiro atoms. The largest absolute Gasteiger partial charge is 0.481 e. The van der Waals surface area contributed by atoms with Gasteiger partial charge in [0.15, 0.2) is 5.65 Å². The molecule has 4 rings (SSSR count). The van der Waals surface area contributed by atoms with Crippen LogP contribution in [0.25, 0.3) is 5.65 Å². The van der Waals surface area contributed by atoms with Crippen LogP contribution in [0.2, 0.25) is 0 Å². The van der Waals surface area contributed by atoms with E-state index in [1.807, 2.05) is 6.92 Å². The minimum Gasteiger partial charge on any atom is -0.481 e. The Morgan fingerprint density at radius 3 is 2.83 bits per heavy atom. The predicted molar refractivity (Wildman–Crippen MR) is 105 cm³/mol. The molecule has 1 aliphatic rings. The quantitative estimate of drug-likeness (QED) is 0.683. The monoisotopic (exact) mass is 397 g/mol. The van der Waals surface area contributed by atoms with Crippen LogP contribution in [-0.2, 0) is 4.79 Å². The van der Waals surface area contributed by atoms with Crippen LogP contribution >= 0.6 is 0 Å². The molecule has 0 radical (unpaired) electrons. The summed E-state index contributed by atoms with van der Waals surface area (Å²) in [5, 5.41) is 10.3. The summed E-state index contributed by atoms with van der Waals surface area (Å²) < 4.78 is 20.5. The fourth-order valence-electron chi connectivity index (χ4n) is 3.09. The highest BCUT2D eigenvalue weighted by atomic mass is 19.1. The fourth-order valence-corrected chi connectivity index (χ4v) is 3.09. The molecule has 0 aromatic carbocycles. The van der Waals surface area contributed by atoms with Gasteiger partial charge in [-0.05, 0) is 32.9 Å². The SMILES string of the molecule is COc1ncc(F)cc1[C@@H](C)Nc1ccn2ncc(C3=NC(C)(C)C(=O)N3)c2n1. The zero-order valence-corrected chi connectivity index (χ0v) is 16.4. The maximum atomic E-state index is 13.6. The van der Waals surface area contributed by atoms with Crippen molar-refractivity contribution in [3.05, 3.63) is 47.7 Å². The van der Waals surface area contributed by atoms with Crippen LogP contribution < -0.4 is 15.4 Å². The average molecular weight is 397 g/mol. The number of amides is 1. The third-order valence-electron chi connectivity index (χ3n) is 4.67. The Morgan fingerprint density at radius 2 is 2.14 bits per heavy atom. The molecule has 0 bridgehead atoms. The molecule has 10 heteroatoms. The van der Waals surface area contributed by atoms with Crippen molar-refractivity contribution in [1.82, 2.24) is 24.9 Å². The minimum absolute atomic E-state index is 0.180. The fraction of sp³-hybridized carbons (Fsp3) is 0.316. The van der Waals surface area contributed by atoms with Crippen molar-refractivity contribution in [2.24, 2.45) is 4.99 Å². The van der Waals surface area contributed by atoms with Crippen molar-refractivity contribution in [2.75, 3.05) is 12.4 Å². The van der Waals surface area contributed by atoms with Crippen molar-refractivity contribution in [1.29, 1.82) is 0 Å². The van der Waals surface area contributed by atoms with Crippen molar-refractivity contribution >= 4 is 23.2 Å². The van der Waals surface area contributed by atoms with Gasteiger partial charge in [-0.15, -0.1) is 0 Å². The second-order valence-electron chi connectivity index (χ2n) is 7.23. The maximum absolute atomic E-state index is 13.6. The summed E-state index contributed by atoms with van der Waals surface area (Å²) in [4.78, 5) is 25.1. The predicted octanol–water partition coefficient (Wildman–Crippen LogP) is 2.10. The molecule has 0 fully saturated rings. The third-order valence-corrected chi connectivity index (χ3v) is 4.67. The topological polar surface area (TPSA) is 106 Å². The van der Waals surface area contributed by atoms with Gasteiger partial charge < -0.3 is 15.4 Å². The van der Waals surface area contributed by atoms with E-state index >= 15 is 0 Å². The lowest BCUT2D eigenvalue weighted by molar-refractivity contribution is -0.122. The molecule has 0 aliphatic carbocycles. The summed E-state index contributed by atoms with van der Waals surface area (Å²) in [7, 11) is 1.48. The molecule has 2 N–H and O–H groups in total. The van der Waals surface area contributed by atoms with E-state index < -0.39 is 11.4 Å². The van der Waals surface area contributed by atoms with Crippen LogP contribution in [0.5, 0.6) is 5.88 Å². The highest BCUT2D eigenvalue weighted by molar-refractivity contribution is 6.17. The molecule has 1 aliphatic heterocycles. The number of aliphatic imine (C=N–C) groups is 1. The average Bonchev–Trinajstić information content (AvgIpc) is 3.21. The van der Waals surface area contributed by atoms with E-state index in [9.17, 15) is 9.18 Å². The minimum atomic E-state index is -0.838. The second kappa shape index (κ2) is 6.80. The van der Waals surface area contributed by atoms with E-state index in [0.717, 1.165) is 6.20 Å². The Hall–Kier alpha value is -3.56. The number of hydrogen-bond donors (Lipinski definition) is 2. The van der Waals surface area contributed by atoms with Gasteiger partial charge in [-0.1, -0.05) is 0 Å². The van der Waals surface area contributed by atoms with E-state index in [1.165, 1.54) is 13.2 Å². The number of aromatic nitrogens is 4. The summed E-state index contributed by atoms with van der Waals surface area (Å²) in [6.07, 6.45) is 4.45. The number of hydrogen-bond acceptors (Lipinski definition) is 7. The zero-order chi connectivity index (χ0) is 20.8. The molecule has 4 heterocycles. The zero-order valence-electron chi connectivity index (χ0n) is 16.4. The van der Waals surface area contributed by atoms with Crippen LogP contribution in [0.4, 0.5) is 10.2 Å². The first-order chi connectivity index (χ1) is 13.8. The molecule has 1 atom stereocenters. The van der Waals surface area contributed by atoms with Gasteiger partial charge in [-0.2, -0.15) is 5.10 Å². The third kappa shape index (κ3) is 3.37. The number of halogens is 1. The molecule has 0 unspecified atom stereocenters. The van der Waals surface area contributed by atoms with Gasteiger partial charge in [0.05, 0.1) is 31.1 Å². The van der Waals surface area contributed by atoms with Crippen LogP contribution in [-0.4, -0.2) is 44.0 Å². The first kappa shape index (κ1) is 18.8. The highest BCUT2D eigenvalue weighted by Gasteiger charge is 2.35. The standard InChI is InChI=1S/C19H20FN7O2/c1-10(12-7-11(20)8-21-17(12)29-4)23-14-5-6-27-16(24-14)13(9-22-27)15-25-18(28)19(2,3)26-15/h5-10H,1-4H3,(H,23,24)(H,25,26,28)/t10-/m1/s1. The molecule has 0 saturated carbocycles. The second-order valence-corrected chi connectivity index (χ2v) is 7.23. The Bertz CT molecular complexity index is 1140. The van der Waals surface area contributed by atoms with Crippen molar-refractivity contribution < 1.29 is 13.9 Å². The number of amidine groups is 1. The van der Waals surface area contributed by atoms with Gasteiger partial charge in [0, 0.05) is 11.8 Å². The first-order valence-electron chi connectivity index (χ1n) is 9.00. The number of carbonyl (C=O) groups is 1. The van der Waals surface area contributed by atoms with Crippen LogP contribution in [0, 0.1) is 5.82 Å². The lowest BCUT2D eigenvalue weighted by Gasteiger charge is -2.17. The molecule has 0 saturated heterocycles. The molecule has 9 nitrogen and oxygen atoms in total. The Morgan fingerprint density at radius 1 is 1.34 bits per heavy atom. The van der Waals surface area contributed by atoms with Crippen LogP contribution in [0.3, 0.4) is 0 Å². The van der Waals surface area contributed by atoms with E-state index in [1.54, 1.807) is 36.8 Å². The molecule has 3 aromatic rings. The first-order valence-corrected chi connectivity index (χ1v) is 9.00. The maximum Gasteiger partial charge on any atom is 0.252 e. The van der Waals surface area contributed by atoms with Crippen molar-refractivity contribution in [3.8, 4) is 5.88 Å². The molecule has 3 aromatic heterocycles. The van der Waals surface area contributed by atoms with Crippen LogP contribution in [0.1, 0.15) is 37.9 Å². The normalized spacial score (nSPS) is 16.4. The Labute approximate surface area is 166 Å². The molecular weight excluding hydrogens is 377 g/mol. The van der Waals surface area contributed by atoms with Crippen LogP contribution in [0.15, 0.2) is 35.7 Å². The van der Waals surface area contributed by atoms with Gasteiger partial charge in [-0.25, -0.2) is 18.9 Å². The number of carbonyl (C=O) groups excluding carboxylic acids is 1. The number of fused-ring (bicyclic) bond motifs is 1. The molecule has 1 amide bonds. The Kier molecular flexibility index (Phi) is 4.40. The number of pyridine rings is 1. The van der Waals surface area contributed by atoms with Gasteiger partial charge >= 0.3 is 0 Å². The van der Waals surface area contributed by atoms with Gasteiger partial charge in [-0.3, -0.25) is 9.79 Å². The Balaban J connectivity index is 1.67. The number of nitrogens with one attached hydrogen (secondary N) is 2. The van der Waals surface area contributed by atoms with E-state index in [0.29, 0.717) is 34.3 Å². The number of ether oxygens (including phenoxy) is 1. The van der Waals surface area contributed by atoms with Gasteiger partial charge in [0.2, 0.25) is 5.88 Å². The lowest BCUT2D eigenvalue weighted by atomic mass is 10.1. The summed E-state index contributed by atoms with van der Waals surface area (Å²) in [5.41, 5.74) is 0.875. The summed E-state index contributed by atoms with van der Waals surface area (Å²) in [6, 6.07) is 2.80. The molecule has 29 heavy (non-hydrogen) atoms.